The monoisotopic (exact) mass is 264 g/mol. The van der Waals surface area contributed by atoms with Gasteiger partial charge in [-0.15, -0.1) is 0 Å². The van der Waals surface area contributed by atoms with Crippen LogP contribution in [0.1, 0.15) is 29.5 Å². The minimum atomic E-state index is 1.01. The topological polar surface area (TPSA) is 33.3 Å². The molecule has 1 aromatic carbocycles. The molecule has 1 aromatic rings. The minimum Gasteiger partial charge on any atom is -0.496 e. The molecule has 0 heterocycles. The van der Waals surface area contributed by atoms with Crippen molar-refractivity contribution in [3.05, 3.63) is 28.8 Å². The van der Waals surface area contributed by atoms with Crippen LogP contribution >= 0.6 is 0 Å². The largest absolute Gasteiger partial charge is 0.496 e. The molecular weight excluding hydrogens is 236 g/mol. The maximum absolute atomic E-state index is 5.51. The van der Waals surface area contributed by atoms with E-state index in [1.54, 1.807) is 7.11 Å². The van der Waals surface area contributed by atoms with Crippen molar-refractivity contribution in [3.8, 4) is 5.75 Å². The van der Waals surface area contributed by atoms with Gasteiger partial charge in [0.2, 0.25) is 0 Å². The van der Waals surface area contributed by atoms with E-state index in [2.05, 4.69) is 36.6 Å². The zero-order valence-corrected chi connectivity index (χ0v) is 12.8. The number of ether oxygens (including phenoxy) is 1. The maximum Gasteiger partial charge on any atom is 0.125 e. The Hall–Kier alpha value is -1.06. The standard InChI is InChI=1S/C16H28N2O/c1-13-11-14(2)16(19-4)15(12-13)7-10-18-9-6-5-8-17-3/h11-12,17-18H,5-10H2,1-4H3. The van der Waals surface area contributed by atoms with Gasteiger partial charge in [0.1, 0.15) is 5.75 Å². The summed E-state index contributed by atoms with van der Waals surface area (Å²) in [6.07, 6.45) is 3.49. The minimum absolute atomic E-state index is 1.01. The average Bonchev–Trinajstić information content (AvgIpc) is 2.37. The van der Waals surface area contributed by atoms with E-state index in [-0.39, 0.29) is 0 Å². The van der Waals surface area contributed by atoms with Crippen LogP contribution in [0.25, 0.3) is 0 Å². The molecule has 0 atom stereocenters. The Labute approximate surface area is 117 Å². The normalized spacial score (nSPS) is 10.7. The summed E-state index contributed by atoms with van der Waals surface area (Å²) in [7, 11) is 3.76. The molecule has 0 saturated carbocycles. The fourth-order valence-electron chi connectivity index (χ4n) is 2.42. The van der Waals surface area contributed by atoms with Gasteiger partial charge in [-0.25, -0.2) is 0 Å². The molecular formula is C16H28N2O. The third kappa shape index (κ3) is 5.62. The Kier molecular flexibility index (Phi) is 7.53. The highest BCUT2D eigenvalue weighted by atomic mass is 16.5. The zero-order chi connectivity index (χ0) is 14.1. The van der Waals surface area contributed by atoms with Crippen molar-refractivity contribution >= 4 is 0 Å². The van der Waals surface area contributed by atoms with E-state index < -0.39 is 0 Å². The number of nitrogens with one attached hydrogen (secondary N) is 2. The summed E-state index contributed by atoms with van der Waals surface area (Å²) in [6, 6.07) is 4.40. The fraction of sp³-hybridized carbons (Fsp3) is 0.625. The average molecular weight is 264 g/mol. The van der Waals surface area contributed by atoms with Crippen molar-refractivity contribution in [1.82, 2.24) is 10.6 Å². The third-order valence-electron chi connectivity index (χ3n) is 3.30. The van der Waals surface area contributed by atoms with Gasteiger partial charge in [0, 0.05) is 0 Å². The van der Waals surface area contributed by atoms with Crippen LogP contribution in [0.2, 0.25) is 0 Å². The predicted molar refractivity (Wildman–Crippen MR) is 82.2 cm³/mol. The van der Waals surface area contributed by atoms with Gasteiger partial charge in [0.05, 0.1) is 7.11 Å². The van der Waals surface area contributed by atoms with E-state index in [1.165, 1.54) is 29.5 Å². The first-order chi connectivity index (χ1) is 9.19. The SMILES string of the molecule is CNCCCCNCCc1cc(C)cc(C)c1OC. The molecule has 108 valence electrons. The molecule has 3 heteroatoms. The van der Waals surface area contributed by atoms with Crippen LogP contribution in [-0.2, 0) is 6.42 Å². The van der Waals surface area contributed by atoms with E-state index in [4.69, 9.17) is 4.74 Å². The predicted octanol–water partition coefficient (Wildman–Crippen LogP) is 2.44. The smallest absolute Gasteiger partial charge is 0.125 e. The number of rotatable bonds is 9. The van der Waals surface area contributed by atoms with Crippen molar-refractivity contribution in [2.24, 2.45) is 0 Å². The van der Waals surface area contributed by atoms with Gasteiger partial charge in [-0.3, -0.25) is 0 Å². The fourth-order valence-corrected chi connectivity index (χ4v) is 2.42. The molecule has 0 spiro atoms. The zero-order valence-electron chi connectivity index (χ0n) is 12.8. The van der Waals surface area contributed by atoms with Crippen LogP contribution in [0.5, 0.6) is 5.75 Å². The van der Waals surface area contributed by atoms with Crippen LogP contribution in [0, 0.1) is 13.8 Å². The number of hydrogen-bond donors (Lipinski definition) is 2. The lowest BCUT2D eigenvalue weighted by atomic mass is 10.0. The Balaban J connectivity index is 2.36. The maximum atomic E-state index is 5.51. The van der Waals surface area contributed by atoms with E-state index in [0.29, 0.717) is 0 Å². The van der Waals surface area contributed by atoms with Crippen LogP contribution in [-0.4, -0.2) is 33.8 Å². The first-order valence-corrected chi connectivity index (χ1v) is 7.18. The summed E-state index contributed by atoms with van der Waals surface area (Å²) in [4.78, 5) is 0. The van der Waals surface area contributed by atoms with Gasteiger partial charge < -0.3 is 15.4 Å². The second-order valence-electron chi connectivity index (χ2n) is 5.08. The summed E-state index contributed by atoms with van der Waals surface area (Å²) in [5.41, 5.74) is 3.84. The van der Waals surface area contributed by atoms with Crippen LogP contribution in [0.3, 0.4) is 0 Å². The second-order valence-corrected chi connectivity index (χ2v) is 5.08. The van der Waals surface area contributed by atoms with Crippen LogP contribution < -0.4 is 15.4 Å². The van der Waals surface area contributed by atoms with Crippen molar-refractivity contribution in [3.63, 3.8) is 0 Å². The molecule has 19 heavy (non-hydrogen) atoms. The molecule has 0 aromatic heterocycles. The van der Waals surface area contributed by atoms with Crippen molar-refractivity contribution < 1.29 is 4.74 Å². The number of aryl methyl sites for hydroxylation is 2. The molecule has 3 nitrogen and oxygen atoms in total. The summed E-state index contributed by atoms with van der Waals surface area (Å²) >= 11 is 0. The Bertz CT molecular complexity index is 377. The summed E-state index contributed by atoms with van der Waals surface area (Å²) in [6.45, 7) is 7.46. The number of unbranched alkanes of at least 4 members (excludes halogenated alkanes) is 1. The quantitative estimate of drug-likeness (QED) is 0.672. The van der Waals surface area contributed by atoms with Crippen LogP contribution in [0.15, 0.2) is 12.1 Å². The van der Waals surface area contributed by atoms with E-state index in [0.717, 1.165) is 31.8 Å². The summed E-state index contributed by atoms with van der Waals surface area (Å²) in [5.74, 6) is 1.04. The van der Waals surface area contributed by atoms with Gasteiger partial charge in [0.25, 0.3) is 0 Å². The molecule has 0 radical (unpaired) electrons. The number of benzene rings is 1. The highest BCUT2D eigenvalue weighted by molar-refractivity contribution is 5.43. The first kappa shape index (κ1) is 16.0. The lowest BCUT2D eigenvalue weighted by Crippen LogP contribution is -2.20. The Morgan fingerprint density at radius 3 is 2.47 bits per heavy atom. The molecule has 0 unspecified atom stereocenters. The summed E-state index contributed by atoms with van der Waals surface area (Å²) in [5, 5.41) is 6.67. The summed E-state index contributed by atoms with van der Waals surface area (Å²) < 4.78 is 5.51. The molecule has 0 aliphatic rings. The molecule has 0 bridgehead atoms. The lowest BCUT2D eigenvalue weighted by Gasteiger charge is -2.13. The molecule has 2 N–H and O–H groups in total. The van der Waals surface area contributed by atoms with Gasteiger partial charge in [-0.05, 0) is 70.9 Å². The van der Waals surface area contributed by atoms with Gasteiger partial charge in [-0.1, -0.05) is 17.7 Å². The number of hydrogen-bond acceptors (Lipinski definition) is 3. The van der Waals surface area contributed by atoms with E-state index in [9.17, 15) is 0 Å². The molecule has 0 aliphatic carbocycles. The Morgan fingerprint density at radius 2 is 1.79 bits per heavy atom. The van der Waals surface area contributed by atoms with E-state index >= 15 is 0 Å². The lowest BCUT2D eigenvalue weighted by molar-refractivity contribution is 0.406. The van der Waals surface area contributed by atoms with Crippen LogP contribution in [0.4, 0.5) is 0 Å². The Morgan fingerprint density at radius 1 is 1.05 bits per heavy atom. The third-order valence-corrected chi connectivity index (χ3v) is 3.30. The molecule has 0 saturated heterocycles. The second kappa shape index (κ2) is 8.94. The van der Waals surface area contributed by atoms with Crippen molar-refractivity contribution in [2.45, 2.75) is 33.1 Å². The molecule has 0 fully saturated rings. The highest BCUT2D eigenvalue weighted by Gasteiger charge is 2.06. The van der Waals surface area contributed by atoms with Gasteiger partial charge >= 0.3 is 0 Å². The molecule has 1 rings (SSSR count). The first-order valence-electron chi connectivity index (χ1n) is 7.18. The molecule has 0 amide bonds. The number of methoxy groups -OCH3 is 1. The van der Waals surface area contributed by atoms with Gasteiger partial charge in [-0.2, -0.15) is 0 Å². The highest BCUT2D eigenvalue weighted by Crippen LogP contribution is 2.25. The van der Waals surface area contributed by atoms with E-state index in [1.807, 2.05) is 7.05 Å². The van der Waals surface area contributed by atoms with Crippen molar-refractivity contribution in [1.29, 1.82) is 0 Å². The molecule has 0 aliphatic heterocycles. The van der Waals surface area contributed by atoms with Crippen molar-refractivity contribution in [2.75, 3.05) is 33.8 Å². The van der Waals surface area contributed by atoms with Gasteiger partial charge in [0.15, 0.2) is 0 Å².